The van der Waals surface area contributed by atoms with Crippen LogP contribution >= 0.6 is 11.8 Å². The predicted molar refractivity (Wildman–Crippen MR) is 83.9 cm³/mol. The monoisotopic (exact) mass is 294 g/mol. The third kappa shape index (κ3) is 2.89. The summed E-state index contributed by atoms with van der Waals surface area (Å²) >= 11 is 2.19. The smallest absolute Gasteiger partial charge is 0.141 e. The Hall–Kier alpha value is -0.550. The van der Waals surface area contributed by atoms with E-state index in [9.17, 15) is 0 Å². The highest BCUT2D eigenvalue weighted by atomic mass is 32.2. The molecule has 1 saturated heterocycles. The van der Waals surface area contributed by atoms with Gasteiger partial charge in [-0.15, -0.1) is 0 Å². The van der Waals surface area contributed by atoms with Crippen LogP contribution in [0.3, 0.4) is 0 Å². The van der Waals surface area contributed by atoms with Gasteiger partial charge in [0.15, 0.2) is 0 Å². The highest BCUT2D eigenvalue weighted by Gasteiger charge is 2.34. The minimum absolute atomic E-state index is 0.0162. The molecule has 3 rings (SSSR count). The molecule has 0 unspecified atom stereocenters. The van der Waals surface area contributed by atoms with Gasteiger partial charge in [0.2, 0.25) is 0 Å². The highest BCUT2D eigenvalue weighted by molar-refractivity contribution is 8.00. The summed E-state index contributed by atoms with van der Waals surface area (Å²) in [6.45, 7) is 8.74. The van der Waals surface area contributed by atoms with Crippen molar-refractivity contribution in [3.05, 3.63) is 12.2 Å². The standard InChI is InChI=1S/C15H26N4S/c1-15(2,3)19-14(16-11-17-19)10-18-8-9-20-13-7-5-4-6-12(13)18/h11-13H,4-10H2,1-3H3/t12-,13+/m1/s1. The van der Waals surface area contributed by atoms with Gasteiger partial charge in [-0.2, -0.15) is 16.9 Å². The molecule has 0 bridgehead atoms. The number of rotatable bonds is 2. The summed E-state index contributed by atoms with van der Waals surface area (Å²) in [4.78, 5) is 7.18. The van der Waals surface area contributed by atoms with Crippen LogP contribution in [0.5, 0.6) is 0 Å². The third-order valence-electron chi connectivity index (χ3n) is 4.45. The number of hydrogen-bond donors (Lipinski definition) is 0. The lowest BCUT2D eigenvalue weighted by molar-refractivity contribution is 0.146. The second kappa shape index (κ2) is 5.68. The first-order chi connectivity index (χ1) is 9.55. The zero-order chi connectivity index (χ0) is 14.2. The zero-order valence-corrected chi connectivity index (χ0v) is 13.7. The third-order valence-corrected chi connectivity index (χ3v) is 5.84. The van der Waals surface area contributed by atoms with Crippen molar-refractivity contribution in [3.8, 4) is 0 Å². The maximum atomic E-state index is 4.52. The molecule has 20 heavy (non-hydrogen) atoms. The van der Waals surface area contributed by atoms with Gasteiger partial charge in [0.05, 0.1) is 12.1 Å². The van der Waals surface area contributed by atoms with Gasteiger partial charge in [-0.1, -0.05) is 12.8 Å². The number of fused-ring (bicyclic) bond motifs is 1. The number of thioether (sulfide) groups is 1. The van der Waals surface area contributed by atoms with Crippen molar-refractivity contribution in [1.29, 1.82) is 0 Å². The summed E-state index contributed by atoms with van der Waals surface area (Å²) in [5.74, 6) is 2.39. The van der Waals surface area contributed by atoms with Crippen molar-refractivity contribution in [2.24, 2.45) is 0 Å². The zero-order valence-electron chi connectivity index (χ0n) is 12.9. The molecule has 5 heteroatoms. The van der Waals surface area contributed by atoms with E-state index < -0.39 is 0 Å². The molecular formula is C15H26N4S. The number of hydrogen-bond acceptors (Lipinski definition) is 4. The van der Waals surface area contributed by atoms with Crippen LogP contribution in [-0.2, 0) is 12.1 Å². The molecule has 4 nitrogen and oxygen atoms in total. The molecule has 1 aromatic heterocycles. The minimum atomic E-state index is 0.0162. The second-order valence-corrected chi connectivity index (χ2v) is 8.34. The molecule has 1 aliphatic carbocycles. The van der Waals surface area contributed by atoms with Gasteiger partial charge in [-0.3, -0.25) is 4.90 Å². The van der Waals surface area contributed by atoms with Gasteiger partial charge in [-0.25, -0.2) is 9.67 Å². The molecule has 1 saturated carbocycles. The predicted octanol–water partition coefficient (Wildman–Crippen LogP) is 2.89. The van der Waals surface area contributed by atoms with E-state index in [2.05, 4.69) is 52.2 Å². The molecule has 0 radical (unpaired) electrons. The lowest BCUT2D eigenvalue weighted by Gasteiger charge is -2.43. The average Bonchev–Trinajstić information content (AvgIpc) is 2.87. The molecule has 0 spiro atoms. The average molecular weight is 294 g/mol. The molecule has 112 valence electrons. The van der Waals surface area contributed by atoms with E-state index >= 15 is 0 Å². The van der Waals surface area contributed by atoms with Crippen molar-refractivity contribution in [3.63, 3.8) is 0 Å². The Morgan fingerprint density at radius 1 is 1.30 bits per heavy atom. The van der Waals surface area contributed by atoms with Crippen LogP contribution in [0.4, 0.5) is 0 Å². The molecule has 2 fully saturated rings. The molecule has 1 aliphatic heterocycles. The summed E-state index contributed by atoms with van der Waals surface area (Å²) in [6.07, 6.45) is 7.28. The Kier molecular flexibility index (Phi) is 4.09. The SMILES string of the molecule is CC(C)(C)n1ncnc1CN1CCS[C@H]2CCCC[C@H]21. The summed E-state index contributed by atoms with van der Waals surface area (Å²) < 4.78 is 2.09. The molecular weight excluding hydrogens is 268 g/mol. The van der Waals surface area contributed by atoms with Crippen molar-refractivity contribution in [2.45, 2.75) is 69.8 Å². The first-order valence-corrected chi connectivity index (χ1v) is 8.85. The van der Waals surface area contributed by atoms with Crippen LogP contribution in [0.2, 0.25) is 0 Å². The fourth-order valence-electron chi connectivity index (χ4n) is 3.49. The lowest BCUT2D eigenvalue weighted by Crippen LogP contribution is -2.49. The van der Waals surface area contributed by atoms with Gasteiger partial charge in [0.1, 0.15) is 12.2 Å². The summed E-state index contributed by atoms with van der Waals surface area (Å²) in [5.41, 5.74) is 0.0162. The van der Waals surface area contributed by atoms with Crippen LogP contribution in [0.15, 0.2) is 6.33 Å². The Morgan fingerprint density at radius 3 is 2.90 bits per heavy atom. The summed E-state index contributed by atoms with van der Waals surface area (Å²) in [7, 11) is 0. The Balaban J connectivity index is 1.75. The summed E-state index contributed by atoms with van der Waals surface area (Å²) in [5, 5.41) is 5.28. The van der Waals surface area contributed by atoms with E-state index in [4.69, 9.17) is 0 Å². The largest absolute Gasteiger partial charge is 0.291 e. The van der Waals surface area contributed by atoms with Crippen LogP contribution in [-0.4, -0.2) is 43.3 Å². The van der Waals surface area contributed by atoms with E-state index in [0.29, 0.717) is 0 Å². The first-order valence-electron chi connectivity index (χ1n) is 7.81. The van der Waals surface area contributed by atoms with Crippen LogP contribution in [0, 0.1) is 0 Å². The molecule has 1 aromatic rings. The maximum absolute atomic E-state index is 4.52. The lowest BCUT2D eigenvalue weighted by atomic mass is 9.93. The molecule has 0 amide bonds. The fraction of sp³-hybridized carbons (Fsp3) is 0.867. The van der Waals surface area contributed by atoms with E-state index in [1.807, 2.05) is 0 Å². The number of aromatic nitrogens is 3. The van der Waals surface area contributed by atoms with E-state index in [1.165, 1.54) is 38.0 Å². The Labute approximate surface area is 126 Å². The van der Waals surface area contributed by atoms with E-state index in [-0.39, 0.29) is 5.54 Å². The van der Waals surface area contributed by atoms with E-state index in [1.54, 1.807) is 6.33 Å². The van der Waals surface area contributed by atoms with Gasteiger partial charge in [0.25, 0.3) is 0 Å². The molecule has 2 atom stereocenters. The van der Waals surface area contributed by atoms with Crippen molar-refractivity contribution < 1.29 is 0 Å². The van der Waals surface area contributed by atoms with Gasteiger partial charge in [0, 0.05) is 23.6 Å². The van der Waals surface area contributed by atoms with E-state index in [0.717, 1.165) is 23.7 Å². The topological polar surface area (TPSA) is 34.0 Å². The van der Waals surface area contributed by atoms with Crippen LogP contribution < -0.4 is 0 Å². The van der Waals surface area contributed by atoms with Crippen molar-refractivity contribution >= 4 is 11.8 Å². The molecule has 0 N–H and O–H groups in total. The van der Waals surface area contributed by atoms with Crippen molar-refractivity contribution in [1.82, 2.24) is 19.7 Å². The second-order valence-electron chi connectivity index (χ2n) is 6.99. The Morgan fingerprint density at radius 2 is 2.10 bits per heavy atom. The molecule has 2 aliphatic rings. The normalized spacial score (nSPS) is 28.4. The quantitative estimate of drug-likeness (QED) is 0.840. The van der Waals surface area contributed by atoms with Gasteiger partial charge in [-0.05, 0) is 33.6 Å². The first kappa shape index (κ1) is 14.4. The van der Waals surface area contributed by atoms with Crippen LogP contribution in [0.25, 0.3) is 0 Å². The number of nitrogens with zero attached hydrogens (tertiary/aromatic N) is 4. The highest BCUT2D eigenvalue weighted by Crippen LogP contribution is 2.36. The van der Waals surface area contributed by atoms with Gasteiger partial charge < -0.3 is 0 Å². The maximum Gasteiger partial charge on any atom is 0.141 e. The minimum Gasteiger partial charge on any atom is -0.291 e. The molecule has 2 heterocycles. The van der Waals surface area contributed by atoms with Crippen LogP contribution in [0.1, 0.15) is 52.3 Å². The molecule has 0 aromatic carbocycles. The summed E-state index contributed by atoms with van der Waals surface area (Å²) in [6, 6.07) is 0.757. The van der Waals surface area contributed by atoms with Gasteiger partial charge >= 0.3 is 0 Å². The fourth-order valence-corrected chi connectivity index (χ4v) is 4.99. The van der Waals surface area contributed by atoms with Crippen molar-refractivity contribution in [2.75, 3.05) is 12.3 Å². The Bertz CT molecular complexity index is 449.